The molecule has 0 atom stereocenters. The lowest BCUT2D eigenvalue weighted by Gasteiger charge is -2.13. The van der Waals surface area contributed by atoms with Crippen molar-refractivity contribution in [2.24, 2.45) is 0 Å². The number of sulfone groups is 1. The molecule has 2 heterocycles. The largest absolute Gasteiger partial charge is 0.306 e. The summed E-state index contributed by atoms with van der Waals surface area (Å²) in [4.78, 5) is 12.7. The van der Waals surface area contributed by atoms with E-state index in [1.807, 2.05) is 32.0 Å². The fourth-order valence-corrected chi connectivity index (χ4v) is 4.90. The second kappa shape index (κ2) is 6.56. The van der Waals surface area contributed by atoms with Gasteiger partial charge in [0.25, 0.3) is 5.91 Å². The molecule has 1 aromatic heterocycles. The zero-order chi connectivity index (χ0) is 20.1. The van der Waals surface area contributed by atoms with E-state index in [1.54, 1.807) is 6.07 Å². The molecule has 0 bridgehead atoms. The van der Waals surface area contributed by atoms with Gasteiger partial charge in [0.05, 0.1) is 28.5 Å². The maximum absolute atomic E-state index is 14.0. The highest BCUT2D eigenvalue weighted by molar-refractivity contribution is 7.90. The Balaban J connectivity index is 1.83. The number of fused-ring (bicyclic) bond motifs is 1. The highest BCUT2D eigenvalue weighted by Crippen LogP contribution is 2.34. The van der Waals surface area contributed by atoms with Gasteiger partial charge in [0.15, 0.2) is 9.84 Å². The predicted octanol–water partition coefficient (Wildman–Crippen LogP) is 3.31. The van der Waals surface area contributed by atoms with E-state index < -0.39 is 21.6 Å². The molecule has 1 amide bonds. The van der Waals surface area contributed by atoms with Crippen LogP contribution in [0.2, 0.25) is 0 Å². The van der Waals surface area contributed by atoms with Crippen molar-refractivity contribution in [1.82, 2.24) is 9.78 Å². The van der Waals surface area contributed by atoms with Gasteiger partial charge in [-0.25, -0.2) is 17.5 Å². The van der Waals surface area contributed by atoms with Gasteiger partial charge in [0, 0.05) is 5.56 Å². The van der Waals surface area contributed by atoms with Crippen molar-refractivity contribution < 1.29 is 17.6 Å². The Kier molecular flexibility index (Phi) is 4.30. The summed E-state index contributed by atoms with van der Waals surface area (Å²) < 4.78 is 39.6. The maximum Gasteiger partial charge on any atom is 0.259 e. The van der Waals surface area contributed by atoms with Gasteiger partial charge in [0.2, 0.25) is 0 Å². The summed E-state index contributed by atoms with van der Waals surface area (Å²) in [6.45, 7) is 3.88. The minimum atomic E-state index is -3.31. The first-order chi connectivity index (χ1) is 13.2. The van der Waals surface area contributed by atoms with E-state index in [1.165, 1.54) is 22.9 Å². The summed E-state index contributed by atoms with van der Waals surface area (Å²) in [5.74, 6) is -1.43. The number of carbonyl (C=O) groups is 1. The molecule has 0 fully saturated rings. The molecule has 0 aliphatic carbocycles. The van der Waals surface area contributed by atoms with Gasteiger partial charge >= 0.3 is 0 Å². The van der Waals surface area contributed by atoms with Crippen molar-refractivity contribution in [1.29, 1.82) is 0 Å². The van der Waals surface area contributed by atoms with Crippen LogP contribution in [0.1, 0.15) is 32.7 Å². The number of nitrogens with zero attached hydrogens (tertiary/aromatic N) is 2. The first-order valence-corrected chi connectivity index (χ1v) is 10.5. The number of nitrogens with one attached hydrogen (secondary N) is 1. The molecule has 144 valence electrons. The topological polar surface area (TPSA) is 81.1 Å². The first kappa shape index (κ1) is 18.4. The molecule has 4 rings (SSSR count). The minimum absolute atomic E-state index is 0.120. The number of hydrogen-bond acceptors (Lipinski definition) is 4. The predicted molar refractivity (Wildman–Crippen MR) is 104 cm³/mol. The molecule has 8 heteroatoms. The number of halogens is 1. The van der Waals surface area contributed by atoms with Gasteiger partial charge in [-0.3, -0.25) is 4.79 Å². The van der Waals surface area contributed by atoms with Crippen molar-refractivity contribution in [2.75, 3.05) is 5.32 Å². The molecule has 1 aliphatic rings. The number of aromatic nitrogens is 2. The second-order valence-corrected chi connectivity index (χ2v) is 9.01. The minimum Gasteiger partial charge on any atom is -0.306 e. The van der Waals surface area contributed by atoms with Crippen LogP contribution in [0, 0.1) is 19.7 Å². The van der Waals surface area contributed by atoms with Crippen LogP contribution < -0.4 is 5.32 Å². The molecule has 2 aromatic carbocycles. The van der Waals surface area contributed by atoms with Crippen LogP contribution in [0.4, 0.5) is 10.2 Å². The summed E-state index contributed by atoms with van der Waals surface area (Å²) in [6.07, 6.45) is 0. The summed E-state index contributed by atoms with van der Waals surface area (Å²) in [7, 11) is -3.31. The van der Waals surface area contributed by atoms with E-state index in [-0.39, 0.29) is 22.9 Å². The van der Waals surface area contributed by atoms with Gasteiger partial charge in [-0.15, -0.1) is 0 Å². The van der Waals surface area contributed by atoms with E-state index in [4.69, 9.17) is 0 Å². The lowest BCUT2D eigenvalue weighted by molar-refractivity contribution is 0.102. The van der Waals surface area contributed by atoms with Crippen molar-refractivity contribution in [3.8, 4) is 5.69 Å². The van der Waals surface area contributed by atoms with Gasteiger partial charge in [-0.2, -0.15) is 5.10 Å². The SMILES string of the molecule is Cc1ccc(-n2nc3c(c2NC(=O)c2ccccc2F)CS(=O)(=O)C3)c(C)c1. The number of rotatable bonds is 3. The van der Waals surface area contributed by atoms with Gasteiger partial charge in [-0.05, 0) is 37.6 Å². The molecule has 0 radical (unpaired) electrons. The number of amides is 1. The summed E-state index contributed by atoms with van der Waals surface area (Å²) >= 11 is 0. The third kappa shape index (κ3) is 3.20. The number of aryl methyl sites for hydroxylation is 2. The van der Waals surface area contributed by atoms with Crippen molar-refractivity contribution in [3.63, 3.8) is 0 Å². The third-order valence-electron chi connectivity index (χ3n) is 4.72. The molecule has 3 aromatic rings. The molecule has 1 N–H and O–H groups in total. The molecule has 0 saturated heterocycles. The Bertz CT molecular complexity index is 1220. The van der Waals surface area contributed by atoms with E-state index in [0.717, 1.165) is 16.8 Å². The van der Waals surface area contributed by atoms with Crippen LogP contribution in [0.3, 0.4) is 0 Å². The number of hydrogen-bond donors (Lipinski definition) is 1. The van der Waals surface area contributed by atoms with Crippen LogP contribution in [-0.4, -0.2) is 24.1 Å². The summed E-state index contributed by atoms with van der Waals surface area (Å²) in [6, 6.07) is 11.4. The van der Waals surface area contributed by atoms with E-state index in [0.29, 0.717) is 11.3 Å². The van der Waals surface area contributed by atoms with Crippen molar-refractivity contribution in [3.05, 3.63) is 76.2 Å². The Hall–Kier alpha value is -3.00. The van der Waals surface area contributed by atoms with Crippen molar-refractivity contribution >= 4 is 21.6 Å². The number of benzene rings is 2. The standard InChI is InChI=1S/C20H18FN3O3S/c1-12-7-8-18(13(2)9-12)24-19(15-10-28(26,27)11-17(15)23-24)22-20(25)14-5-3-4-6-16(14)21/h3-9H,10-11H2,1-2H3,(H,22,25). The van der Waals surface area contributed by atoms with Crippen LogP contribution >= 0.6 is 0 Å². The quantitative estimate of drug-likeness (QED) is 0.733. The fourth-order valence-electron chi connectivity index (χ4n) is 3.41. The van der Waals surface area contributed by atoms with Crippen molar-refractivity contribution in [2.45, 2.75) is 25.4 Å². The van der Waals surface area contributed by atoms with Crippen LogP contribution in [-0.2, 0) is 21.3 Å². The lowest BCUT2D eigenvalue weighted by Crippen LogP contribution is -2.18. The Morgan fingerprint density at radius 2 is 1.89 bits per heavy atom. The zero-order valence-corrected chi connectivity index (χ0v) is 16.2. The number of carbonyl (C=O) groups excluding carboxylic acids is 1. The smallest absolute Gasteiger partial charge is 0.259 e. The molecule has 0 saturated carbocycles. The average Bonchev–Trinajstić information content (AvgIpc) is 3.08. The molecule has 0 spiro atoms. The third-order valence-corrected chi connectivity index (χ3v) is 6.16. The molecule has 1 aliphatic heterocycles. The molecule has 6 nitrogen and oxygen atoms in total. The van der Waals surface area contributed by atoms with E-state index in [9.17, 15) is 17.6 Å². The lowest BCUT2D eigenvalue weighted by atomic mass is 10.1. The molecular weight excluding hydrogens is 381 g/mol. The monoisotopic (exact) mass is 399 g/mol. The van der Waals surface area contributed by atoms with Crippen LogP contribution in [0.15, 0.2) is 42.5 Å². The van der Waals surface area contributed by atoms with E-state index >= 15 is 0 Å². The number of anilines is 1. The van der Waals surface area contributed by atoms with E-state index in [2.05, 4.69) is 10.4 Å². The Morgan fingerprint density at radius 3 is 2.61 bits per heavy atom. The highest BCUT2D eigenvalue weighted by Gasteiger charge is 2.33. The normalized spacial score (nSPS) is 14.7. The maximum atomic E-state index is 14.0. The van der Waals surface area contributed by atoms with Gasteiger partial charge < -0.3 is 5.32 Å². The van der Waals surface area contributed by atoms with Gasteiger partial charge in [-0.1, -0.05) is 29.8 Å². The molecular formula is C20H18FN3O3S. The fraction of sp³-hybridized carbons (Fsp3) is 0.200. The Morgan fingerprint density at radius 1 is 1.14 bits per heavy atom. The summed E-state index contributed by atoms with van der Waals surface area (Å²) in [5.41, 5.74) is 3.45. The second-order valence-electron chi connectivity index (χ2n) is 6.94. The van der Waals surface area contributed by atoms with Crippen LogP contribution in [0.25, 0.3) is 5.69 Å². The molecule has 0 unspecified atom stereocenters. The average molecular weight is 399 g/mol. The molecule has 28 heavy (non-hydrogen) atoms. The highest BCUT2D eigenvalue weighted by atomic mass is 32.2. The summed E-state index contributed by atoms with van der Waals surface area (Å²) in [5, 5.41) is 7.13. The van der Waals surface area contributed by atoms with Crippen LogP contribution in [0.5, 0.6) is 0 Å². The Labute approximate surface area is 161 Å². The first-order valence-electron chi connectivity index (χ1n) is 8.70. The zero-order valence-electron chi connectivity index (χ0n) is 15.4. The van der Waals surface area contributed by atoms with Gasteiger partial charge in [0.1, 0.15) is 11.6 Å².